The number of hydrogen-bond acceptors (Lipinski definition) is 6. The van der Waals surface area contributed by atoms with E-state index in [1.54, 1.807) is 61.7 Å². The summed E-state index contributed by atoms with van der Waals surface area (Å²) in [5.41, 5.74) is 3.20. The Morgan fingerprint density at radius 2 is 1.55 bits per heavy atom. The van der Waals surface area contributed by atoms with E-state index < -0.39 is 11.9 Å². The van der Waals surface area contributed by atoms with Crippen molar-refractivity contribution >= 4 is 23.9 Å². The van der Waals surface area contributed by atoms with Crippen molar-refractivity contribution in [3.05, 3.63) is 101 Å². The maximum atomic E-state index is 12.3. The van der Waals surface area contributed by atoms with E-state index in [-0.39, 0.29) is 11.6 Å². The average Bonchev–Trinajstić information content (AvgIpc) is 3.15. The molecule has 0 saturated carbocycles. The molecular formula is C25H19NO5. The molecule has 154 valence electrons. The summed E-state index contributed by atoms with van der Waals surface area (Å²) >= 11 is 0. The lowest BCUT2D eigenvalue weighted by Crippen LogP contribution is -2.08. The summed E-state index contributed by atoms with van der Waals surface area (Å²) in [4.78, 5) is 28.7. The van der Waals surface area contributed by atoms with Crippen molar-refractivity contribution < 1.29 is 23.8 Å². The van der Waals surface area contributed by atoms with Gasteiger partial charge in [0, 0.05) is 5.56 Å². The van der Waals surface area contributed by atoms with Crippen LogP contribution in [0.1, 0.15) is 27.0 Å². The van der Waals surface area contributed by atoms with E-state index in [4.69, 9.17) is 14.2 Å². The summed E-state index contributed by atoms with van der Waals surface area (Å²) in [6.45, 7) is 1.98. The standard InChI is InChI=1S/C25H19NO5/c1-16-3-7-18(8-4-16)23-26-22(25(28)31-23)15-17-5-11-21(12-6-17)30-24(27)19-9-13-20(29-2)14-10-19/h3-15H,1-2H3. The molecule has 3 aromatic carbocycles. The third-order valence-corrected chi connectivity index (χ3v) is 4.64. The fraction of sp³-hybridized carbons (Fsp3) is 0.0800. The van der Waals surface area contributed by atoms with Crippen molar-refractivity contribution in [1.82, 2.24) is 0 Å². The third-order valence-electron chi connectivity index (χ3n) is 4.64. The second-order valence-corrected chi connectivity index (χ2v) is 6.89. The van der Waals surface area contributed by atoms with E-state index >= 15 is 0 Å². The highest BCUT2D eigenvalue weighted by atomic mass is 16.6. The number of nitrogens with zero attached hydrogens (tertiary/aromatic N) is 1. The van der Waals surface area contributed by atoms with E-state index in [9.17, 15) is 9.59 Å². The molecule has 0 aromatic heterocycles. The van der Waals surface area contributed by atoms with Crippen LogP contribution >= 0.6 is 0 Å². The summed E-state index contributed by atoms with van der Waals surface area (Å²) in [5, 5.41) is 0. The highest BCUT2D eigenvalue weighted by molar-refractivity contribution is 6.12. The number of carbonyl (C=O) groups is 2. The Labute approximate surface area is 179 Å². The molecular weight excluding hydrogens is 394 g/mol. The zero-order valence-corrected chi connectivity index (χ0v) is 17.0. The second kappa shape index (κ2) is 8.67. The molecule has 0 unspecified atom stereocenters. The molecule has 0 bridgehead atoms. The van der Waals surface area contributed by atoms with E-state index in [1.807, 2.05) is 31.2 Å². The first-order valence-electron chi connectivity index (χ1n) is 9.58. The largest absolute Gasteiger partial charge is 0.497 e. The molecule has 0 saturated heterocycles. The van der Waals surface area contributed by atoms with Gasteiger partial charge in [-0.15, -0.1) is 0 Å². The van der Waals surface area contributed by atoms with Crippen LogP contribution in [0.25, 0.3) is 6.08 Å². The molecule has 31 heavy (non-hydrogen) atoms. The molecule has 0 amide bonds. The number of aliphatic imine (C=N–C) groups is 1. The number of carbonyl (C=O) groups excluding carboxylic acids is 2. The first kappa shape index (κ1) is 20.1. The molecule has 0 atom stereocenters. The predicted molar refractivity (Wildman–Crippen MR) is 116 cm³/mol. The molecule has 0 fully saturated rings. The van der Waals surface area contributed by atoms with Gasteiger partial charge in [0.1, 0.15) is 11.5 Å². The number of aryl methyl sites for hydroxylation is 1. The molecule has 6 heteroatoms. The number of rotatable bonds is 5. The Balaban J connectivity index is 1.46. The van der Waals surface area contributed by atoms with Gasteiger partial charge in [0.25, 0.3) is 0 Å². The van der Waals surface area contributed by atoms with Gasteiger partial charge in [0.05, 0.1) is 12.7 Å². The SMILES string of the molecule is COc1ccc(C(=O)Oc2ccc(C=C3N=C(c4ccc(C)cc4)OC3=O)cc2)cc1. The Hall–Kier alpha value is -4.19. The number of esters is 2. The number of ether oxygens (including phenoxy) is 3. The molecule has 1 aliphatic rings. The lowest BCUT2D eigenvalue weighted by molar-refractivity contribution is -0.129. The van der Waals surface area contributed by atoms with E-state index in [2.05, 4.69) is 4.99 Å². The number of hydrogen-bond donors (Lipinski definition) is 0. The van der Waals surface area contributed by atoms with Crippen molar-refractivity contribution in [2.45, 2.75) is 6.92 Å². The second-order valence-electron chi connectivity index (χ2n) is 6.89. The van der Waals surface area contributed by atoms with Gasteiger partial charge in [-0.05, 0) is 67.1 Å². The summed E-state index contributed by atoms with van der Waals surface area (Å²) in [5.74, 6) is 0.348. The highest BCUT2D eigenvalue weighted by Gasteiger charge is 2.24. The molecule has 0 radical (unpaired) electrons. The van der Waals surface area contributed by atoms with Gasteiger partial charge >= 0.3 is 11.9 Å². The van der Waals surface area contributed by atoms with E-state index in [0.29, 0.717) is 17.1 Å². The molecule has 3 aromatic rings. The summed E-state index contributed by atoms with van der Waals surface area (Å²) < 4.78 is 15.7. The van der Waals surface area contributed by atoms with Crippen molar-refractivity contribution in [3.8, 4) is 11.5 Å². The minimum Gasteiger partial charge on any atom is -0.497 e. The van der Waals surface area contributed by atoms with Crippen LogP contribution in [0.3, 0.4) is 0 Å². The first-order valence-corrected chi connectivity index (χ1v) is 9.58. The Morgan fingerprint density at radius 1 is 0.903 bits per heavy atom. The number of benzene rings is 3. The Bertz CT molecular complexity index is 1170. The van der Waals surface area contributed by atoms with E-state index in [0.717, 1.165) is 16.7 Å². The van der Waals surface area contributed by atoms with Crippen molar-refractivity contribution in [2.24, 2.45) is 4.99 Å². The van der Waals surface area contributed by atoms with Gasteiger partial charge < -0.3 is 14.2 Å². The normalized spacial score (nSPS) is 14.2. The van der Waals surface area contributed by atoms with Crippen molar-refractivity contribution in [3.63, 3.8) is 0 Å². The molecule has 6 nitrogen and oxygen atoms in total. The Kier molecular flexibility index (Phi) is 5.62. The molecule has 0 spiro atoms. The summed E-state index contributed by atoms with van der Waals surface area (Å²) in [6.07, 6.45) is 1.62. The fourth-order valence-electron chi connectivity index (χ4n) is 2.91. The quantitative estimate of drug-likeness (QED) is 0.348. The van der Waals surface area contributed by atoms with Crippen molar-refractivity contribution in [1.29, 1.82) is 0 Å². The average molecular weight is 413 g/mol. The monoisotopic (exact) mass is 413 g/mol. The predicted octanol–water partition coefficient (Wildman–Crippen LogP) is 4.57. The lowest BCUT2D eigenvalue weighted by atomic mass is 10.1. The fourth-order valence-corrected chi connectivity index (χ4v) is 2.91. The Morgan fingerprint density at radius 3 is 2.19 bits per heavy atom. The zero-order chi connectivity index (χ0) is 21.8. The maximum absolute atomic E-state index is 12.3. The molecule has 0 aliphatic carbocycles. The van der Waals surface area contributed by atoms with Crippen molar-refractivity contribution in [2.75, 3.05) is 7.11 Å². The smallest absolute Gasteiger partial charge is 0.363 e. The van der Waals surface area contributed by atoms with Gasteiger partial charge in [-0.2, -0.15) is 0 Å². The number of cyclic esters (lactones) is 1. The number of methoxy groups -OCH3 is 1. The van der Waals surface area contributed by atoms with Gasteiger partial charge in [-0.3, -0.25) is 0 Å². The van der Waals surface area contributed by atoms with Gasteiger partial charge in [-0.1, -0.05) is 29.8 Å². The summed E-state index contributed by atoms with van der Waals surface area (Å²) in [7, 11) is 1.56. The lowest BCUT2D eigenvalue weighted by Gasteiger charge is -2.05. The summed E-state index contributed by atoms with van der Waals surface area (Å²) in [6, 6.07) is 21.0. The highest BCUT2D eigenvalue weighted by Crippen LogP contribution is 2.21. The van der Waals surface area contributed by atoms with Crippen LogP contribution in [0, 0.1) is 6.92 Å². The van der Waals surface area contributed by atoms with Crippen LogP contribution in [0.4, 0.5) is 0 Å². The topological polar surface area (TPSA) is 74.2 Å². The zero-order valence-electron chi connectivity index (χ0n) is 17.0. The van der Waals surface area contributed by atoms with Crippen LogP contribution in [-0.2, 0) is 9.53 Å². The third kappa shape index (κ3) is 4.70. The van der Waals surface area contributed by atoms with Gasteiger partial charge in [0.15, 0.2) is 5.70 Å². The molecule has 1 aliphatic heterocycles. The molecule has 4 rings (SSSR count). The molecule has 0 N–H and O–H groups in total. The van der Waals surface area contributed by atoms with Crippen LogP contribution in [0.2, 0.25) is 0 Å². The van der Waals surface area contributed by atoms with Crippen LogP contribution in [-0.4, -0.2) is 24.9 Å². The first-order chi connectivity index (χ1) is 15.0. The van der Waals surface area contributed by atoms with Gasteiger partial charge in [-0.25, -0.2) is 14.6 Å². The van der Waals surface area contributed by atoms with Crippen LogP contribution in [0.15, 0.2) is 83.5 Å². The van der Waals surface area contributed by atoms with E-state index in [1.165, 1.54) is 0 Å². The van der Waals surface area contributed by atoms with Crippen LogP contribution in [0.5, 0.6) is 11.5 Å². The maximum Gasteiger partial charge on any atom is 0.363 e. The minimum absolute atomic E-state index is 0.207. The minimum atomic E-state index is -0.509. The van der Waals surface area contributed by atoms with Crippen LogP contribution < -0.4 is 9.47 Å². The molecule has 1 heterocycles. The van der Waals surface area contributed by atoms with Gasteiger partial charge in [0.2, 0.25) is 5.90 Å².